The molecule has 0 aliphatic rings. The summed E-state index contributed by atoms with van der Waals surface area (Å²) in [5.74, 6) is 0.0693. The molecular formula is C22H28FN5O2S. The van der Waals surface area contributed by atoms with Crippen molar-refractivity contribution in [3.8, 4) is 0 Å². The van der Waals surface area contributed by atoms with Gasteiger partial charge in [0.1, 0.15) is 15.7 Å². The molecule has 0 bridgehead atoms. The molecule has 3 rings (SSSR count). The minimum Gasteiger partial charge on any atom is -0.462 e. The summed E-state index contributed by atoms with van der Waals surface area (Å²) in [5.41, 5.74) is 2.60. The molecule has 2 aromatic heterocycles. The molecule has 0 fully saturated rings. The molecule has 0 spiro atoms. The average Bonchev–Trinajstić information content (AvgIpc) is 3.31. The van der Waals surface area contributed by atoms with E-state index in [9.17, 15) is 9.18 Å². The second-order valence-corrected chi connectivity index (χ2v) is 8.10. The third-order valence-corrected chi connectivity index (χ3v) is 6.04. The van der Waals surface area contributed by atoms with Crippen molar-refractivity contribution in [2.24, 2.45) is 4.99 Å². The first-order valence-electron chi connectivity index (χ1n) is 10.4. The Morgan fingerprint density at radius 2 is 2.19 bits per heavy atom. The lowest BCUT2D eigenvalue weighted by atomic mass is 10.1. The number of aromatic nitrogens is 2. The molecule has 0 radical (unpaired) electrons. The summed E-state index contributed by atoms with van der Waals surface area (Å²) in [6.07, 6.45) is 2.58. The van der Waals surface area contributed by atoms with Crippen LogP contribution in [0.5, 0.6) is 0 Å². The van der Waals surface area contributed by atoms with E-state index in [1.165, 1.54) is 17.4 Å². The quantitative estimate of drug-likeness (QED) is 0.276. The van der Waals surface area contributed by atoms with Gasteiger partial charge in [0.2, 0.25) is 0 Å². The third kappa shape index (κ3) is 5.61. The molecule has 1 aromatic carbocycles. The normalized spacial score (nSPS) is 12.7. The Labute approximate surface area is 185 Å². The van der Waals surface area contributed by atoms with E-state index in [1.807, 2.05) is 27.0 Å². The van der Waals surface area contributed by atoms with Gasteiger partial charge in [0.15, 0.2) is 5.96 Å². The molecule has 0 amide bonds. The summed E-state index contributed by atoms with van der Waals surface area (Å²) in [5, 5.41) is 8.24. The highest BCUT2D eigenvalue weighted by molar-refractivity contribution is 7.13. The number of esters is 1. The van der Waals surface area contributed by atoms with Gasteiger partial charge < -0.3 is 20.4 Å². The number of carbonyl (C=O) groups is 1. The summed E-state index contributed by atoms with van der Waals surface area (Å²) in [4.78, 5) is 24.9. The van der Waals surface area contributed by atoms with Crippen molar-refractivity contribution in [1.29, 1.82) is 0 Å². The number of nitrogens with zero attached hydrogens (tertiary/aromatic N) is 2. The Bertz CT molecular complexity index is 1080. The number of benzene rings is 1. The highest BCUT2D eigenvalue weighted by Crippen LogP contribution is 2.24. The molecule has 2 heterocycles. The van der Waals surface area contributed by atoms with Crippen LogP contribution in [-0.2, 0) is 11.2 Å². The number of hydrogen-bond acceptors (Lipinski definition) is 5. The fourth-order valence-corrected chi connectivity index (χ4v) is 4.18. The zero-order chi connectivity index (χ0) is 22.4. The number of rotatable bonds is 8. The van der Waals surface area contributed by atoms with Crippen molar-refractivity contribution >= 4 is 34.2 Å². The van der Waals surface area contributed by atoms with Crippen LogP contribution in [0.2, 0.25) is 0 Å². The number of carbonyl (C=O) groups excluding carboxylic acids is 1. The molecule has 31 heavy (non-hydrogen) atoms. The Hall–Kier alpha value is -2.94. The molecule has 0 aliphatic carbocycles. The second-order valence-electron chi connectivity index (χ2n) is 7.07. The Morgan fingerprint density at radius 3 is 2.94 bits per heavy atom. The van der Waals surface area contributed by atoms with Crippen molar-refractivity contribution in [1.82, 2.24) is 20.6 Å². The zero-order valence-electron chi connectivity index (χ0n) is 18.2. The SMILES string of the molecule is CCNC(=NCCc1c[nH]c2ccc(F)cc12)NC(C)c1nc(C)c(C(=O)OCC)s1. The highest BCUT2D eigenvalue weighted by atomic mass is 32.1. The minimum atomic E-state index is -0.341. The van der Waals surface area contributed by atoms with E-state index < -0.39 is 0 Å². The molecule has 166 valence electrons. The maximum atomic E-state index is 13.6. The molecule has 1 atom stereocenters. The van der Waals surface area contributed by atoms with E-state index in [2.05, 4.69) is 25.6 Å². The number of thiazole rings is 1. The summed E-state index contributed by atoms with van der Waals surface area (Å²) in [6, 6.07) is 4.60. The Balaban J connectivity index is 1.67. The van der Waals surface area contributed by atoms with E-state index in [0.717, 1.165) is 21.5 Å². The van der Waals surface area contributed by atoms with Crippen LogP contribution >= 0.6 is 11.3 Å². The standard InChI is InChI=1S/C22H28FN5O2S/c1-5-24-22(25-10-9-15-12-26-18-8-7-16(23)11-17(15)18)28-14(4)20-27-13(3)19(31-20)21(29)30-6-2/h7-8,11-12,14,26H,5-6,9-10H2,1-4H3,(H2,24,25,28). The van der Waals surface area contributed by atoms with E-state index in [4.69, 9.17) is 4.74 Å². The predicted octanol–water partition coefficient (Wildman–Crippen LogP) is 4.11. The lowest BCUT2D eigenvalue weighted by Crippen LogP contribution is -2.38. The van der Waals surface area contributed by atoms with Gasteiger partial charge in [-0.2, -0.15) is 0 Å². The van der Waals surface area contributed by atoms with Gasteiger partial charge in [0.05, 0.1) is 18.3 Å². The predicted molar refractivity (Wildman–Crippen MR) is 122 cm³/mol. The number of fused-ring (bicyclic) bond motifs is 1. The van der Waals surface area contributed by atoms with Crippen molar-refractivity contribution in [2.75, 3.05) is 19.7 Å². The maximum Gasteiger partial charge on any atom is 0.350 e. The second kappa shape index (κ2) is 10.4. The first-order valence-corrected chi connectivity index (χ1v) is 11.2. The van der Waals surface area contributed by atoms with Gasteiger partial charge in [-0.15, -0.1) is 11.3 Å². The number of aliphatic imine (C=N–C) groups is 1. The fraction of sp³-hybridized carbons (Fsp3) is 0.409. The maximum absolute atomic E-state index is 13.6. The van der Waals surface area contributed by atoms with Crippen LogP contribution in [-0.4, -0.2) is 41.6 Å². The molecular weight excluding hydrogens is 417 g/mol. The summed E-state index contributed by atoms with van der Waals surface area (Å²) in [6.45, 7) is 9.14. The third-order valence-electron chi connectivity index (χ3n) is 4.72. The van der Waals surface area contributed by atoms with Crippen LogP contribution in [0.3, 0.4) is 0 Å². The summed E-state index contributed by atoms with van der Waals surface area (Å²) in [7, 11) is 0. The Morgan fingerprint density at radius 1 is 1.39 bits per heavy atom. The molecule has 0 saturated heterocycles. The van der Waals surface area contributed by atoms with Crippen LogP contribution in [0.1, 0.15) is 52.7 Å². The van der Waals surface area contributed by atoms with Crippen LogP contribution in [0.25, 0.3) is 10.9 Å². The smallest absolute Gasteiger partial charge is 0.350 e. The van der Waals surface area contributed by atoms with Crippen LogP contribution < -0.4 is 10.6 Å². The topological polar surface area (TPSA) is 91.4 Å². The van der Waals surface area contributed by atoms with Gasteiger partial charge in [-0.3, -0.25) is 4.99 Å². The van der Waals surface area contributed by atoms with E-state index in [-0.39, 0.29) is 17.8 Å². The minimum absolute atomic E-state index is 0.133. The van der Waals surface area contributed by atoms with Crippen molar-refractivity contribution < 1.29 is 13.9 Å². The molecule has 3 N–H and O–H groups in total. The lowest BCUT2D eigenvalue weighted by molar-refractivity contribution is 0.0531. The average molecular weight is 446 g/mol. The number of ether oxygens (including phenoxy) is 1. The van der Waals surface area contributed by atoms with Crippen LogP contribution in [0.4, 0.5) is 4.39 Å². The fourth-order valence-electron chi connectivity index (χ4n) is 3.22. The first kappa shape index (κ1) is 22.7. The number of halogens is 1. The van der Waals surface area contributed by atoms with Crippen LogP contribution in [0.15, 0.2) is 29.4 Å². The van der Waals surface area contributed by atoms with Gasteiger partial charge >= 0.3 is 5.97 Å². The van der Waals surface area contributed by atoms with Gasteiger partial charge in [-0.1, -0.05) is 0 Å². The van der Waals surface area contributed by atoms with Crippen LogP contribution in [0, 0.1) is 12.7 Å². The van der Waals surface area contributed by atoms with Gasteiger partial charge in [0, 0.05) is 30.2 Å². The van der Waals surface area contributed by atoms with Crippen molar-refractivity contribution in [2.45, 2.75) is 40.2 Å². The number of hydrogen-bond donors (Lipinski definition) is 3. The van der Waals surface area contributed by atoms with E-state index >= 15 is 0 Å². The number of H-pyrrole nitrogens is 1. The number of aryl methyl sites for hydroxylation is 1. The zero-order valence-corrected chi connectivity index (χ0v) is 19.0. The van der Waals surface area contributed by atoms with Crippen molar-refractivity contribution in [3.05, 3.63) is 51.4 Å². The van der Waals surface area contributed by atoms with Gasteiger partial charge in [-0.25, -0.2) is 14.2 Å². The van der Waals surface area contributed by atoms with Gasteiger partial charge in [0.25, 0.3) is 0 Å². The Kier molecular flexibility index (Phi) is 7.62. The molecule has 9 heteroatoms. The first-order chi connectivity index (χ1) is 14.9. The molecule has 0 saturated carbocycles. The van der Waals surface area contributed by atoms with Gasteiger partial charge in [-0.05, 0) is 57.9 Å². The molecule has 0 aliphatic heterocycles. The van der Waals surface area contributed by atoms with Crippen molar-refractivity contribution in [3.63, 3.8) is 0 Å². The highest BCUT2D eigenvalue weighted by Gasteiger charge is 2.20. The molecule has 1 unspecified atom stereocenters. The van der Waals surface area contributed by atoms with E-state index in [0.29, 0.717) is 42.6 Å². The molecule has 3 aromatic rings. The number of nitrogens with one attached hydrogen (secondary N) is 3. The summed E-state index contributed by atoms with van der Waals surface area (Å²) >= 11 is 1.33. The number of aromatic amines is 1. The molecule has 7 nitrogen and oxygen atoms in total. The largest absolute Gasteiger partial charge is 0.462 e. The summed E-state index contributed by atoms with van der Waals surface area (Å²) < 4.78 is 18.7. The van der Waals surface area contributed by atoms with E-state index in [1.54, 1.807) is 19.1 Å². The lowest BCUT2D eigenvalue weighted by Gasteiger charge is -2.16. The number of guanidine groups is 1. The monoisotopic (exact) mass is 445 g/mol.